The Morgan fingerprint density at radius 2 is 2.08 bits per heavy atom. The lowest BCUT2D eigenvalue weighted by Crippen LogP contribution is -2.43. The maximum Gasteiger partial charge on any atom is 0.413 e. The minimum atomic E-state index is -1.12. The number of hydrogen-bond acceptors (Lipinski definition) is 6. The van der Waals surface area contributed by atoms with Crippen LogP contribution in [0.3, 0.4) is 0 Å². The lowest BCUT2D eigenvalue weighted by atomic mass is 10.0. The van der Waals surface area contributed by atoms with Crippen LogP contribution in [0.4, 0.5) is 4.79 Å². The molecule has 1 atom stereocenters. The quantitative estimate of drug-likeness (QED) is 0.375. The smallest absolute Gasteiger partial charge is 0.413 e. The Morgan fingerprint density at radius 3 is 2.68 bits per heavy atom. The molecule has 9 nitrogen and oxygen atoms in total. The summed E-state index contributed by atoms with van der Waals surface area (Å²) in [5.74, 6) is -0.754. The van der Waals surface area contributed by atoms with Crippen molar-refractivity contribution in [1.82, 2.24) is 5.32 Å². The molecule has 1 amide bonds. The molecule has 0 saturated carbocycles. The molecule has 0 aliphatic carbocycles. The van der Waals surface area contributed by atoms with Crippen LogP contribution in [0, 0.1) is 16.0 Å². The van der Waals surface area contributed by atoms with Gasteiger partial charge in [0.05, 0.1) is 6.61 Å². The van der Waals surface area contributed by atoms with Gasteiger partial charge in [-0.25, -0.2) is 9.59 Å². The Labute approximate surface area is 145 Å². The SMILES string of the molecule is CC(C)CC(NC(=O)Oc1cccc(CCCO[N+](=O)[O-])c1)C(=O)O. The number of hydrogen-bond donors (Lipinski definition) is 2. The van der Waals surface area contributed by atoms with Crippen LogP contribution in [0.15, 0.2) is 24.3 Å². The summed E-state index contributed by atoms with van der Waals surface area (Å²) in [6, 6.07) is 5.62. The van der Waals surface area contributed by atoms with E-state index in [1.807, 2.05) is 13.8 Å². The number of aryl methyl sites for hydroxylation is 1. The summed E-state index contributed by atoms with van der Waals surface area (Å²) >= 11 is 0. The van der Waals surface area contributed by atoms with E-state index in [1.54, 1.807) is 24.3 Å². The number of nitrogens with zero attached hydrogens (tertiary/aromatic N) is 1. The van der Waals surface area contributed by atoms with Gasteiger partial charge >= 0.3 is 12.1 Å². The van der Waals surface area contributed by atoms with E-state index >= 15 is 0 Å². The number of carbonyl (C=O) groups excluding carboxylic acids is 1. The van der Waals surface area contributed by atoms with Crippen molar-refractivity contribution in [1.29, 1.82) is 0 Å². The van der Waals surface area contributed by atoms with Gasteiger partial charge in [0, 0.05) is 0 Å². The first-order valence-electron chi connectivity index (χ1n) is 7.85. The van der Waals surface area contributed by atoms with Crippen molar-refractivity contribution >= 4 is 12.1 Å². The highest BCUT2D eigenvalue weighted by Gasteiger charge is 2.22. The zero-order valence-electron chi connectivity index (χ0n) is 14.1. The van der Waals surface area contributed by atoms with E-state index in [4.69, 9.17) is 9.84 Å². The number of nitrogens with one attached hydrogen (secondary N) is 1. The second-order valence-electron chi connectivity index (χ2n) is 5.86. The van der Waals surface area contributed by atoms with Crippen molar-refractivity contribution < 1.29 is 29.4 Å². The van der Waals surface area contributed by atoms with Crippen LogP contribution < -0.4 is 10.1 Å². The first-order valence-corrected chi connectivity index (χ1v) is 7.85. The fourth-order valence-corrected chi connectivity index (χ4v) is 2.15. The molecule has 9 heteroatoms. The van der Waals surface area contributed by atoms with Crippen molar-refractivity contribution in [3.63, 3.8) is 0 Å². The molecule has 25 heavy (non-hydrogen) atoms. The van der Waals surface area contributed by atoms with Gasteiger partial charge in [0.2, 0.25) is 0 Å². The highest BCUT2D eigenvalue weighted by molar-refractivity contribution is 5.80. The van der Waals surface area contributed by atoms with Gasteiger partial charge in [-0.3, -0.25) is 0 Å². The molecule has 2 N–H and O–H groups in total. The van der Waals surface area contributed by atoms with Gasteiger partial charge in [-0.05, 0) is 42.9 Å². The molecule has 0 heterocycles. The molecule has 0 spiro atoms. The standard InChI is InChI=1S/C16H22N2O7/c1-11(2)9-14(15(19)20)17-16(21)25-13-7-3-5-12(10-13)6-4-8-24-18(22)23/h3,5,7,10-11,14H,4,6,8-9H2,1-2H3,(H,17,21)(H,19,20). The Kier molecular flexibility index (Phi) is 8.17. The Balaban J connectivity index is 2.55. The number of rotatable bonds is 10. The predicted molar refractivity (Wildman–Crippen MR) is 87.7 cm³/mol. The molecular weight excluding hydrogens is 332 g/mol. The molecule has 0 fully saturated rings. The van der Waals surface area contributed by atoms with E-state index in [9.17, 15) is 19.7 Å². The summed E-state index contributed by atoms with van der Waals surface area (Å²) in [5.41, 5.74) is 0.814. The average Bonchev–Trinajstić information content (AvgIpc) is 2.50. The van der Waals surface area contributed by atoms with Gasteiger partial charge in [0.1, 0.15) is 11.8 Å². The number of benzene rings is 1. The minimum absolute atomic E-state index is 0.0198. The molecular formula is C16H22N2O7. The van der Waals surface area contributed by atoms with Crippen LogP contribution in [0.5, 0.6) is 5.75 Å². The molecule has 1 rings (SSSR count). The van der Waals surface area contributed by atoms with Crippen molar-refractivity contribution in [2.24, 2.45) is 5.92 Å². The fourth-order valence-electron chi connectivity index (χ4n) is 2.15. The summed E-state index contributed by atoms with van der Waals surface area (Å²) in [4.78, 5) is 37.3. The normalized spacial score (nSPS) is 11.6. The van der Waals surface area contributed by atoms with Crippen molar-refractivity contribution in [3.05, 3.63) is 39.9 Å². The molecule has 0 aliphatic heterocycles. The number of ether oxygens (including phenoxy) is 1. The lowest BCUT2D eigenvalue weighted by molar-refractivity contribution is -0.757. The van der Waals surface area contributed by atoms with Crippen LogP contribution in [0.1, 0.15) is 32.3 Å². The molecule has 1 unspecified atom stereocenters. The van der Waals surface area contributed by atoms with E-state index < -0.39 is 23.2 Å². The van der Waals surface area contributed by atoms with Crippen LogP contribution >= 0.6 is 0 Å². The van der Waals surface area contributed by atoms with E-state index in [0.717, 1.165) is 5.56 Å². The zero-order chi connectivity index (χ0) is 18.8. The predicted octanol–water partition coefficient (Wildman–Crippen LogP) is 2.42. The van der Waals surface area contributed by atoms with Gasteiger partial charge in [-0.15, -0.1) is 10.1 Å². The molecule has 0 bridgehead atoms. The first kappa shape index (κ1) is 20.2. The van der Waals surface area contributed by atoms with Crippen LogP contribution in [-0.4, -0.2) is 34.9 Å². The fraction of sp³-hybridized carbons (Fsp3) is 0.500. The first-order chi connectivity index (χ1) is 11.8. The number of aliphatic carboxylic acids is 1. The maximum atomic E-state index is 11.9. The molecule has 0 saturated heterocycles. The van der Waals surface area contributed by atoms with Crippen LogP contribution in [0.25, 0.3) is 0 Å². The van der Waals surface area contributed by atoms with Gasteiger partial charge < -0.3 is 20.0 Å². The van der Waals surface area contributed by atoms with Crippen molar-refractivity contribution in [2.45, 2.75) is 39.2 Å². The number of carboxylic acid groups (broad SMARTS) is 1. The second kappa shape index (κ2) is 10.1. The van der Waals surface area contributed by atoms with Gasteiger partial charge in [0.25, 0.3) is 5.09 Å². The zero-order valence-corrected chi connectivity index (χ0v) is 14.1. The monoisotopic (exact) mass is 354 g/mol. The van der Waals surface area contributed by atoms with E-state index in [2.05, 4.69) is 10.2 Å². The van der Waals surface area contributed by atoms with E-state index in [-0.39, 0.29) is 18.3 Å². The Hall–Kier alpha value is -2.84. The topological polar surface area (TPSA) is 128 Å². The highest BCUT2D eigenvalue weighted by atomic mass is 16.9. The average molecular weight is 354 g/mol. The number of amides is 1. The third-order valence-electron chi connectivity index (χ3n) is 3.21. The highest BCUT2D eigenvalue weighted by Crippen LogP contribution is 2.15. The molecule has 0 aromatic heterocycles. The number of carboxylic acids is 1. The van der Waals surface area contributed by atoms with Crippen LogP contribution in [0.2, 0.25) is 0 Å². The second-order valence-corrected chi connectivity index (χ2v) is 5.86. The van der Waals surface area contributed by atoms with E-state index in [1.165, 1.54) is 0 Å². The third kappa shape index (κ3) is 8.54. The van der Waals surface area contributed by atoms with Crippen LogP contribution in [-0.2, 0) is 16.1 Å². The van der Waals surface area contributed by atoms with Gasteiger partial charge in [-0.1, -0.05) is 26.0 Å². The van der Waals surface area contributed by atoms with Gasteiger partial charge in [0.15, 0.2) is 0 Å². The van der Waals surface area contributed by atoms with Gasteiger partial charge in [-0.2, -0.15) is 0 Å². The Morgan fingerprint density at radius 1 is 1.36 bits per heavy atom. The third-order valence-corrected chi connectivity index (χ3v) is 3.21. The summed E-state index contributed by atoms with van der Waals surface area (Å²) in [7, 11) is 0. The largest absolute Gasteiger partial charge is 0.480 e. The summed E-state index contributed by atoms with van der Waals surface area (Å²) in [6.45, 7) is 3.69. The molecule has 0 radical (unpaired) electrons. The molecule has 1 aromatic rings. The van der Waals surface area contributed by atoms with E-state index in [0.29, 0.717) is 19.3 Å². The lowest BCUT2D eigenvalue weighted by Gasteiger charge is -2.16. The van der Waals surface area contributed by atoms with Crippen molar-refractivity contribution in [2.75, 3.05) is 6.61 Å². The molecule has 0 aliphatic rings. The summed E-state index contributed by atoms with van der Waals surface area (Å²) < 4.78 is 5.11. The minimum Gasteiger partial charge on any atom is -0.480 e. The Bertz CT molecular complexity index is 604. The maximum absolute atomic E-state index is 11.9. The summed E-state index contributed by atoms with van der Waals surface area (Å²) in [5, 5.41) is 20.7. The summed E-state index contributed by atoms with van der Waals surface area (Å²) in [6.07, 6.45) is 0.395. The molecule has 138 valence electrons. The number of carbonyl (C=O) groups is 2. The molecule has 1 aromatic carbocycles. The van der Waals surface area contributed by atoms with Crippen molar-refractivity contribution in [3.8, 4) is 5.75 Å².